The highest BCUT2D eigenvalue weighted by Gasteiger charge is 2.19. The minimum Gasteiger partial charge on any atom is -0.480 e. The number of sulfonamides is 1. The van der Waals surface area contributed by atoms with Gasteiger partial charge in [-0.25, -0.2) is 8.42 Å². The first-order valence-electron chi connectivity index (χ1n) is 8.22. The number of carboxylic acids is 1. The standard InChI is InChI=1S/C19H19N3O4S/c1-12-7-8-14(10-13(12)11-16(20)19(23)24)22-27(25,26)18-6-2-5-17-15(18)4-3-9-21-17/h2-10,16,22H,11,20H2,1H3,(H,23,24)/t16-/m0/s1. The summed E-state index contributed by atoms with van der Waals surface area (Å²) in [6.45, 7) is 1.82. The molecule has 140 valence electrons. The fraction of sp³-hybridized carbons (Fsp3) is 0.158. The molecule has 0 bridgehead atoms. The number of nitrogens with zero attached hydrogens (tertiary/aromatic N) is 1. The third-order valence-electron chi connectivity index (χ3n) is 4.25. The number of benzene rings is 2. The fourth-order valence-corrected chi connectivity index (χ4v) is 4.07. The lowest BCUT2D eigenvalue weighted by molar-refractivity contribution is -0.138. The maximum atomic E-state index is 12.9. The summed E-state index contributed by atoms with van der Waals surface area (Å²) in [6, 6.07) is 12.2. The SMILES string of the molecule is Cc1ccc(NS(=O)(=O)c2cccc3ncccc23)cc1C[C@H](N)C(=O)O. The van der Waals surface area contributed by atoms with E-state index in [-0.39, 0.29) is 11.3 Å². The number of nitrogens with one attached hydrogen (secondary N) is 1. The lowest BCUT2D eigenvalue weighted by Gasteiger charge is -2.14. The molecular formula is C19H19N3O4S. The summed E-state index contributed by atoms with van der Waals surface area (Å²) in [7, 11) is -3.85. The molecule has 2 aromatic carbocycles. The molecule has 0 spiro atoms. The number of carboxylic acid groups (broad SMARTS) is 1. The van der Waals surface area contributed by atoms with Crippen LogP contribution < -0.4 is 10.5 Å². The number of aromatic nitrogens is 1. The third kappa shape index (κ3) is 4.07. The lowest BCUT2D eigenvalue weighted by atomic mass is 10.0. The first kappa shape index (κ1) is 18.8. The first-order valence-corrected chi connectivity index (χ1v) is 9.71. The average Bonchev–Trinajstić information content (AvgIpc) is 2.63. The third-order valence-corrected chi connectivity index (χ3v) is 5.69. The lowest BCUT2D eigenvalue weighted by Crippen LogP contribution is -2.32. The predicted octanol–water partition coefficient (Wildman–Crippen LogP) is 2.30. The fourth-order valence-electron chi connectivity index (χ4n) is 2.80. The molecule has 0 saturated heterocycles. The maximum absolute atomic E-state index is 12.9. The minimum atomic E-state index is -3.85. The van der Waals surface area contributed by atoms with Crippen LogP contribution >= 0.6 is 0 Å². The Labute approximate surface area is 156 Å². The van der Waals surface area contributed by atoms with Gasteiger partial charge in [0.1, 0.15) is 6.04 Å². The van der Waals surface area contributed by atoms with E-state index in [1.165, 1.54) is 6.07 Å². The summed E-state index contributed by atoms with van der Waals surface area (Å²) in [5, 5.41) is 9.52. The molecule has 0 aliphatic heterocycles. The number of pyridine rings is 1. The Balaban J connectivity index is 1.95. The van der Waals surface area contributed by atoms with E-state index < -0.39 is 22.0 Å². The van der Waals surface area contributed by atoms with Crippen molar-refractivity contribution in [1.29, 1.82) is 0 Å². The topological polar surface area (TPSA) is 122 Å². The summed E-state index contributed by atoms with van der Waals surface area (Å²) in [5.41, 5.74) is 8.03. The van der Waals surface area contributed by atoms with E-state index in [0.29, 0.717) is 22.2 Å². The molecule has 1 aromatic heterocycles. The molecule has 3 rings (SSSR count). The van der Waals surface area contributed by atoms with Crippen molar-refractivity contribution in [3.05, 3.63) is 65.9 Å². The van der Waals surface area contributed by atoms with E-state index in [0.717, 1.165) is 5.56 Å². The molecule has 3 aromatic rings. The van der Waals surface area contributed by atoms with Crippen molar-refractivity contribution in [3.63, 3.8) is 0 Å². The number of nitrogens with two attached hydrogens (primary N) is 1. The van der Waals surface area contributed by atoms with E-state index in [1.54, 1.807) is 48.7 Å². The first-order chi connectivity index (χ1) is 12.8. The monoisotopic (exact) mass is 385 g/mol. The summed E-state index contributed by atoms with van der Waals surface area (Å²) < 4.78 is 28.3. The van der Waals surface area contributed by atoms with Crippen LogP contribution in [0.1, 0.15) is 11.1 Å². The Morgan fingerprint density at radius 2 is 2.00 bits per heavy atom. The molecule has 1 heterocycles. The molecule has 0 aliphatic carbocycles. The van der Waals surface area contributed by atoms with E-state index in [1.807, 2.05) is 6.92 Å². The van der Waals surface area contributed by atoms with Gasteiger partial charge in [0.15, 0.2) is 0 Å². The number of fused-ring (bicyclic) bond motifs is 1. The summed E-state index contributed by atoms with van der Waals surface area (Å²) in [6.07, 6.45) is 1.71. The van der Waals surface area contributed by atoms with Crippen LogP contribution in [0, 0.1) is 6.92 Å². The van der Waals surface area contributed by atoms with Gasteiger partial charge in [0.25, 0.3) is 10.0 Å². The van der Waals surface area contributed by atoms with Crippen LogP contribution in [0.2, 0.25) is 0 Å². The van der Waals surface area contributed by atoms with Crippen molar-refractivity contribution in [3.8, 4) is 0 Å². The van der Waals surface area contributed by atoms with Crippen LogP contribution in [0.5, 0.6) is 0 Å². The van der Waals surface area contributed by atoms with Gasteiger partial charge >= 0.3 is 5.97 Å². The van der Waals surface area contributed by atoms with Gasteiger partial charge in [-0.1, -0.05) is 12.1 Å². The van der Waals surface area contributed by atoms with Crippen molar-refractivity contribution in [1.82, 2.24) is 4.98 Å². The summed E-state index contributed by atoms with van der Waals surface area (Å²) in [5.74, 6) is -1.11. The molecule has 1 atom stereocenters. The number of carbonyl (C=O) groups is 1. The van der Waals surface area contributed by atoms with Crippen molar-refractivity contribution < 1.29 is 18.3 Å². The zero-order valence-electron chi connectivity index (χ0n) is 14.6. The average molecular weight is 385 g/mol. The van der Waals surface area contributed by atoms with Crippen molar-refractivity contribution in [2.45, 2.75) is 24.3 Å². The Hall–Kier alpha value is -2.97. The van der Waals surface area contributed by atoms with Gasteiger partial charge in [0.05, 0.1) is 10.4 Å². The van der Waals surface area contributed by atoms with Crippen LogP contribution in [0.3, 0.4) is 0 Å². The van der Waals surface area contributed by atoms with Gasteiger partial charge in [-0.3, -0.25) is 14.5 Å². The number of anilines is 1. The predicted molar refractivity (Wildman–Crippen MR) is 103 cm³/mol. The van der Waals surface area contributed by atoms with Gasteiger partial charge in [-0.05, 0) is 60.9 Å². The molecule has 8 heteroatoms. The highest BCUT2D eigenvalue weighted by atomic mass is 32.2. The molecule has 0 amide bonds. The van der Waals surface area contributed by atoms with Crippen LogP contribution in [0.25, 0.3) is 10.9 Å². The summed E-state index contributed by atoms with van der Waals surface area (Å²) in [4.78, 5) is 15.3. The van der Waals surface area contributed by atoms with Crippen LogP contribution in [0.4, 0.5) is 5.69 Å². The smallest absolute Gasteiger partial charge is 0.320 e. The molecule has 0 fully saturated rings. The van der Waals surface area contributed by atoms with Gasteiger partial charge < -0.3 is 10.8 Å². The minimum absolute atomic E-state index is 0.106. The zero-order valence-corrected chi connectivity index (χ0v) is 15.4. The van der Waals surface area contributed by atoms with E-state index in [9.17, 15) is 13.2 Å². The molecule has 27 heavy (non-hydrogen) atoms. The van der Waals surface area contributed by atoms with Gasteiger partial charge in [0, 0.05) is 17.3 Å². The van der Waals surface area contributed by atoms with Gasteiger partial charge in [-0.15, -0.1) is 0 Å². The number of rotatable bonds is 6. The normalized spacial score (nSPS) is 12.7. The maximum Gasteiger partial charge on any atom is 0.320 e. The van der Waals surface area contributed by atoms with Gasteiger partial charge in [0.2, 0.25) is 0 Å². The Bertz CT molecular complexity index is 1110. The summed E-state index contributed by atoms with van der Waals surface area (Å²) >= 11 is 0. The Morgan fingerprint density at radius 3 is 2.74 bits per heavy atom. The number of aliphatic carboxylic acids is 1. The Kier molecular flexibility index (Phi) is 5.11. The van der Waals surface area contributed by atoms with Crippen LogP contribution in [0.15, 0.2) is 59.6 Å². The van der Waals surface area contributed by atoms with Crippen LogP contribution in [-0.2, 0) is 21.2 Å². The molecular weight excluding hydrogens is 366 g/mol. The molecule has 0 saturated carbocycles. The second kappa shape index (κ2) is 7.34. The number of hydrogen-bond donors (Lipinski definition) is 3. The van der Waals surface area contributed by atoms with Crippen molar-refractivity contribution in [2.75, 3.05) is 4.72 Å². The molecule has 0 radical (unpaired) electrons. The van der Waals surface area contributed by atoms with Crippen molar-refractivity contribution >= 4 is 32.6 Å². The molecule has 4 N–H and O–H groups in total. The van der Waals surface area contributed by atoms with E-state index >= 15 is 0 Å². The van der Waals surface area contributed by atoms with Gasteiger partial charge in [-0.2, -0.15) is 0 Å². The number of hydrogen-bond acceptors (Lipinski definition) is 5. The highest BCUT2D eigenvalue weighted by molar-refractivity contribution is 7.93. The molecule has 7 nitrogen and oxygen atoms in total. The quantitative estimate of drug-likeness (QED) is 0.598. The molecule has 0 unspecified atom stereocenters. The van der Waals surface area contributed by atoms with Crippen LogP contribution in [-0.4, -0.2) is 30.5 Å². The second-order valence-corrected chi connectivity index (χ2v) is 7.87. The largest absolute Gasteiger partial charge is 0.480 e. The zero-order chi connectivity index (χ0) is 19.6. The van der Waals surface area contributed by atoms with E-state index in [4.69, 9.17) is 10.8 Å². The highest BCUT2D eigenvalue weighted by Crippen LogP contribution is 2.25. The second-order valence-electron chi connectivity index (χ2n) is 6.22. The molecule has 0 aliphatic rings. The van der Waals surface area contributed by atoms with E-state index in [2.05, 4.69) is 9.71 Å². The Morgan fingerprint density at radius 1 is 1.22 bits per heavy atom. The number of aryl methyl sites for hydroxylation is 1. The van der Waals surface area contributed by atoms with Crippen molar-refractivity contribution in [2.24, 2.45) is 5.73 Å².